The Morgan fingerprint density at radius 3 is 2.75 bits per heavy atom. The molecule has 0 bridgehead atoms. The number of nitrogens with zero attached hydrogens (tertiary/aromatic N) is 1. The number of H-pyrrole nitrogens is 1. The monoisotopic (exact) mass is 260 g/mol. The average molecular weight is 260 g/mol. The minimum absolute atomic E-state index is 0.0245. The second-order valence-electron chi connectivity index (χ2n) is 4.45. The zero-order valence-electron chi connectivity index (χ0n) is 11.0. The first-order chi connectivity index (χ1) is 9.75. The summed E-state index contributed by atoms with van der Waals surface area (Å²) in [4.78, 5) is 18.8. The first kappa shape index (κ1) is 12.2. The van der Waals surface area contributed by atoms with Gasteiger partial charge >= 0.3 is 0 Å². The summed E-state index contributed by atoms with van der Waals surface area (Å²) in [7, 11) is 0. The summed E-state index contributed by atoms with van der Waals surface area (Å²) < 4.78 is 0. The fourth-order valence-electron chi connectivity index (χ4n) is 2.10. The fraction of sp³-hybridized carbons (Fsp3) is 0.0588. The molecule has 1 N–H and O–H groups in total. The quantitative estimate of drug-likeness (QED) is 0.539. The molecule has 3 heteroatoms. The largest absolute Gasteiger partial charge is 0.346 e. The van der Waals surface area contributed by atoms with Crippen molar-refractivity contribution in [2.75, 3.05) is 0 Å². The van der Waals surface area contributed by atoms with Gasteiger partial charge in [-0.05, 0) is 25.1 Å². The molecule has 3 rings (SSSR count). The van der Waals surface area contributed by atoms with Crippen molar-refractivity contribution in [3.63, 3.8) is 0 Å². The van der Waals surface area contributed by atoms with Crippen LogP contribution in [0.1, 0.15) is 28.4 Å². The van der Waals surface area contributed by atoms with E-state index >= 15 is 0 Å². The van der Waals surface area contributed by atoms with Gasteiger partial charge in [-0.1, -0.05) is 30.0 Å². The molecule has 20 heavy (non-hydrogen) atoms. The maximum Gasteiger partial charge on any atom is 0.161 e. The number of carbonyl (C=O) groups is 1. The number of aromatic nitrogens is 2. The highest BCUT2D eigenvalue weighted by atomic mass is 16.1. The van der Waals surface area contributed by atoms with E-state index in [0.717, 1.165) is 22.2 Å². The zero-order valence-corrected chi connectivity index (χ0v) is 11.0. The van der Waals surface area contributed by atoms with Crippen LogP contribution in [0.5, 0.6) is 0 Å². The Morgan fingerprint density at radius 2 is 1.90 bits per heavy atom. The van der Waals surface area contributed by atoms with Crippen molar-refractivity contribution < 1.29 is 4.79 Å². The van der Waals surface area contributed by atoms with Crippen LogP contribution < -0.4 is 0 Å². The smallest absolute Gasteiger partial charge is 0.161 e. The second-order valence-corrected chi connectivity index (χ2v) is 4.45. The maximum atomic E-state index is 11.6. The normalized spacial score (nSPS) is 10.1. The number of fused-ring (bicyclic) bond motifs is 1. The molecule has 0 atom stereocenters. The summed E-state index contributed by atoms with van der Waals surface area (Å²) in [6, 6.07) is 11.2. The summed E-state index contributed by atoms with van der Waals surface area (Å²) in [6.45, 7) is 1.55. The highest BCUT2D eigenvalue weighted by molar-refractivity contribution is 5.96. The van der Waals surface area contributed by atoms with E-state index in [1.165, 1.54) is 0 Å². The number of aromatic amines is 1. The van der Waals surface area contributed by atoms with Crippen molar-refractivity contribution in [3.8, 4) is 11.8 Å². The Hall–Kier alpha value is -2.86. The van der Waals surface area contributed by atoms with Crippen molar-refractivity contribution in [3.05, 3.63) is 65.5 Å². The van der Waals surface area contributed by atoms with Crippen LogP contribution in [0.4, 0.5) is 0 Å². The predicted molar refractivity (Wildman–Crippen MR) is 78.5 cm³/mol. The van der Waals surface area contributed by atoms with E-state index in [0.29, 0.717) is 5.56 Å². The van der Waals surface area contributed by atoms with E-state index in [4.69, 9.17) is 0 Å². The van der Waals surface area contributed by atoms with E-state index in [9.17, 15) is 4.79 Å². The molecule has 0 spiro atoms. The van der Waals surface area contributed by atoms with Gasteiger partial charge in [0.1, 0.15) is 5.65 Å². The van der Waals surface area contributed by atoms with Gasteiger partial charge in [0.25, 0.3) is 0 Å². The Labute approximate surface area is 116 Å². The number of carbonyl (C=O) groups excluding carboxylic acids is 1. The molecule has 1 aromatic carbocycles. The first-order valence-electron chi connectivity index (χ1n) is 6.30. The molecule has 0 aliphatic rings. The molecule has 0 fully saturated rings. The van der Waals surface area contributed by atoms with Gasteiger partial charge in [-0.25, -0.2) is 4.98 Å². The molecule has 0 amide bonds. The van der Waals surface area contributed by atoms with Crippen molar-refractivity contribution in [2.24, 2.45) is 0 Å². The van der Waals surface area contributed by atoms with Crippen LogP contribution in [-0.4, -0.2) is 15.8 Å². The summed E-state index contributed by atoms with van der Waals surface area (Å²) in [5.74, 6) is 6.23. The lowest BCUT2D eigenvalue weighted by Gasteiger charge is -1.98. The Bertz CT molecular complexity index is 850. The van der Waals surface area contributed by atoms with Crippen LogP contribution in [0.2, 0.25) is 0 Å². The van der Waals surface area contributed by atoms with Crippen LogP contribution >= 0.6 is 0 Å². The third kappa shape index (κ3) is 2.19. The number of hydrogen-bond acceptors (Lipinski definition) is 2. The summed E-state index contributed by atoms with van der Waals surface area (Å²) in [5, 5.41) is 0.986. The predicted octanol–water partition coefficient (Wildman–Crippen LogP) is 3.17. The number of nitrogens with one attached hydrogen (secondary N) is 1. The lowest BCUT2D eigenvalue weighted by Crippen LogP contribution is -1.95. The number of Topliss-reactive ketones (excluding diaryl/α,β-unsaturated/α-hetero) is 1. The highest BCUT2D eigenvalue weighted by Gasteiger charge is 2.04. The molecule has 0 radical (unpaired) electrons. The maximum absolute atomic E-state index is 11.6. The number of hydrogen-bond donors (Lipinski definition) is 1. The molecule has 0 aliphatic heterocycles. The Kier molecular flexibility index (Phi) is 3.06. The summed E-state index contributed by atoms with van der Waals surface area (Å²) >= 11 is 0. The molecule has 0 aliphatic carbocycles. The van der Waals surface area contributed by atoms with E-state index in [2.05, 4.69) is 21.8 Å². The number of ketones is 1. The number of pyridine rings is 1. The molecule has 3 aromatic rings. The molecular formula is C17H12N2O. The van der Waals surface area contributed by atoms with Gasteiger partial charge in [0.15, 0.2) is 5.78 Å². The lowest BCUT2D eigenvalue weighted by atomic mass is 10.0. The summed E-state index contributed by atoms with van der Waals surface area (Å²) in [5.41, 5.74) is 3.12. The molecule has 96 valence electrons. The Morgan fingerprint density at radius 1 is 1.10 bits per heavy atom. The summed E-state index contributed by atoms with van der Waals surface area (Å²) in [6.07, 6.45) is 3.56. The van der Waals surface area contributed by atoms with Gasteiger partial charge in [0, 0.05) is 34.5 Å². The number of benzene rings is 1. The molecule has 0 saturated carbocycles. The third-order valence-electron chi connectivity index (χ3n) is 3.10. The van der Waals surface area contributed by atoms with Crippen LogP contribution in [-0.2, 0) is 0 Å². The second kappa shape index (κ2) is 5.02. The molecule has 2 heterocycles. The average Bonchev–Trinajstić information content (AvgIpc) is 2.94. The SMILES string of the molecule is CC(=O)c1ccccc1C#Cc1ccnc2[nH]ccc12. The standard InChI is InChI=1S/C17H12N2O/c1-12(20)15-5-3-2-4-13(15)6-7-14-8-10-18-17-16(14)9-11-19-17/h2-5,8-11H,1H3,(H,18,19). The van der Waals surface area contributed by atoms with Gasteiger partial charge in [0.2, 0.25) is 0 Å². The Balaban J connectivity index is 2.09. The van der Waals surface area contributed by atoms with E-state index < -0.39 is 0 Å². The first-order valence-corrected chi connectivity index (χ1v) is 6.30. The van der Waals surface area contributed by atoms with Crippen molar-refractivity contribution >= 4 is 16.8 Å². The van der Waals surface area contributed by atoms with Gasteiger partial charge in [0.05, 0.1) is 0 Å². The highest BCUT2D eigenvalue weighted by Crippen LogP contribution is 2.14. The van der Waals surface area contributed by atoms with Crippen molar-refractivity contribution in [1.29, 1.82) is 0 Å². The van der Waals surface area contributed by atoms with Gasteiger partial charge in [-0.2, -0.15) is 0 Å². The van der Waals surface area contributed by atoms with Crippen LogP contribution in [0, 0.1) is 11.8 Å². The minimum atomic E-state index is 0.0245. The molecule has 3 nitrogen and oxygen atoms in total. The van der Waals surface area contributed by atoms with Gasteiger partial charge < -0.3 is 4.98 Å². The molecular weight excluding hydrogens is 248 g/mol. The topological polar surface area (TPSA) is 45.8 Å². The lowest BCUT2D eigenvalue weighted by molar-refractivity contribution is 0.101. The van der Waals surface area contributed by atoms with Crippen LogP contribution in [0.25, 0.3) is 11.0 Å². The van der Waals surface area contributed by atoms with Gasteiger partial charge in [-0.3, -0.25) is 4.79 Å². The van der Waals surface area contributed by atoms with E-state index in [1.807, 2.05) is 36.5 Å². The zero-order chi connectivity index (χ0) is 13.9. The molecule has 0 saturated heterocycles. The van der Waals surface area contributed by atoms with Crippen molar-refractivity contribution in [1.82, 2.24) is 9.97 Å². The molecule has 0 unspecified atom stereocenters. The number of rotatable bonds is 1. The minimum Gasteiger partial charge on any atom is -0.346 e. The fourth-order valence-corrected chi connectivity index (χ4v) is 2.10. The third-order valence-corrected chi connectivity index (χ3v) is 3.10. The van der Waals surface area contributed by atoms with E-state index in [1.54, 1.807) is 19.2 Å². The van der Waals surface area contributed by atoms with Crippen LogP contribution in [0.15, 0.2) is 48.8 Å². The van der Waals surface area contributed by atoms with Gasteiger partial charge in [-0.15, -0.1) is 0 Å². The van der Waals surface area contributed by atoms with Crippen LogP contribution in [0.3, 0.4) is 0 Å². The van der Waals surface area contributed by atoms with E-state index in [-0.39, 0.29) is 5.78 Å². The molecule has 2 aromatic heterocycles. The van der Waals surface area contributed by atoms with Crippen molar-refractivity contribution in [2.45, 2.75) is 6.92 Å².